The highest BCUT2D eigenvalue weighted by Gasteiger charge is 2.46. The topological polar surface area (TPSA) is 21.8 Å². The number of hydrogen-bond acceptors (Lipinski definition) is 2. The van der Waals surface area contributed by atoms with E-state index >= 15 is 0 Å². The van der Waals surface area contributed by atoms with Gasteiger partial charge in [-0.1, -0.05) is 55.7 Å². The van der Waals surface area contributed by atoms with Crippen molar-refractivity contribution in [2.75, 3.05) is 6.61 Å². The van der Waals surface area contributed by atoms with Crippen molar-refractivity contribution in [2.24, 2.45) is 0 Å². The Bertz CT molecular complexity index is 617. The molecule has 1 saturated heterocycles. The Labute approximate surface area is 189 Å². The number of allylic oxidation sites excluding steroid dienone is 5. The quantitative estimate of drug-likeness (QED) is 0.125. The van der Waals surface area contributed by atoms with E-state index in [1.165, 1.54) is 29.6 Å². The van der Waals surface area contributed by atoms with Gasteiger partial charge in [-0.15, -0.1) is 0 Å². The van der Waals surface area contributed by atoms with Gasteiger partial charge < -0.3 is 9.16 Å². The summed E-state index contributed by atoms with van der Waals surface area (Å²) in [7, 11) is -1.61. The van der Waals surface area contributed by atoms with Gasteiger partial charge in [0, 0.05) is 6.61 Å². The Balaban J connectivity index is 2.19. The van der Waals surface area contributed by atoms with Crippen LogP contribution in [0.5, 0.6) is 0 Å². The van der Waals surface area contributed by atoms with Gasteiger partial charge in [-0.25, -0.2) is 0 Å². The van der Waals surface area contributed by atoms with E-state index in [1.807, 2.05) is 0 Å². The van der Waals surface area contributed by atoms with Crippen LogP contribution in [0.1, 0.15) is 100 Å². The molecule has 1 heterocycles. The minimum absolute atomic E-state index is 0.129. The van der Waals surface area contributed by atoms with Gasteiger partial charge in [0.15, 0.2) is 8.32 Å². The standard InChI is InChI=1S/C27H50O2Si/c1-22(16-13-17-23(2)18-19-25-27(7,8)29-25)14-11-12-15-24(3)20-21-28-30(9,10)26(4,5)6/h14-15,17,25H,11-13,16,18-21H2,1-10H3/b22-14+,23-17+,24-15+. The van der Waals surface area contributed by atoms with Crippen molar-refractivity contribution in [1.29, 1.82) is 0 Å². The third kappa shape index (κ3) is 10.6. The normalized spacial score (nSPS) is 20.6. The lowest BCUT2D eigenvalue weighted by Crippen LogP contribution is -2.40. The van der Waals surface area contributed by atoms with Crippen molar-refractivity contribution in [3.63, 3.8) is 0 Å². The summed E-state index contributed by atoms with van der Waals surface area (Å²) in [5.74, 6) is 0. The Kier molecular flexibility index (Phi) is 10.8. The van der Waals surface area contributed by atoms with Crippen LogP contribution in [-0.4, -0.2) is 26.6 Å². The molecule has 1 aliphatic rings. The van der Waals surface area contributed by atoms with E-state index in [2.05, 4.69) is 86.7 Å². The Morgan fingerprint density at radius 1 is 0.867 bits per heavy atom. The van der Waals surface area contributed by atoms with Gasteiger partial charge in [0.2, 0.25) is 0 Å². The zero-order valence-corrected chi connectivity index (χ0v) is 22.8. The fourth-order valence-electron chi connectivity index (χ4n) is 3.29. The highest BCUT2D eigenvalue weighted by molar-refractivity contribution is 6.74. The molecule has 174 valence electrons. The Hall–Kier alpha value is -0.643. The molecule has 0 N–H and O–H groups in total. The van der Waals surface area contributed by atoms with Gasteiger partial charge in [-0.2, -0.15) is 0 Å². The van der Waals surface area contributed by atoms with Crippen LogP contribution in [0.2, 0.25) is 18.1 Å². The molecule has 1 rings (SSSR count). The molecule has 1 unspecified atom stereocenters. The van der Waals surface area contributed by atoms with Crippen LogP contribution in [0.3, 0.4) is 0 Å². The summed E-state index contributed by atoms with van der Waals surface area (Å²) in [6.45, 7) is 23.6. The van der Waals surface area contributed by atoms with Crippen molar-refractivity contribution < 1.29 is 9.16 Å². The second-order valence-electron chi connectivity index (χ2n) is 11.4. The third-order valence-electron chi connectivity index (χ3n) is 6.91. The molecule has 1 aliphatic heterocycles. The van der Waals surface area contributed by atoms with Gasteiger partial charge in [-0.3, -0.25) is 0 Å². The van der Waals surface area contributed by atoms with Crippen LogP contribution >= 0.6 is 0 Å². The Morgan fingerprint density at radius 2 is 1.33 bits per heavy atom. The van der Waals surface area contributed by atoms with Gasteiger partial charge in [0.1, 0.15) is 0 Å². The average molecular weight is 435 g/mol. The number of ether oxygens (including phenoxy) is 1. The highest BCUT2D eigenvalue weighted by Crippen LogP contribution is 2.39. The minimum Gasteiger partial charge on any atom is -0.417 e. The average Bonchev–Trinajstić information content (AvgIpc) is 3.22. The molecule has 0 aromatic carbocycles. The van der Waals surface area contributed by atoms with Gasteiger partial charge in [0.05, 0.1) is 11.7 Å². The van der Waals surface area contributed by atoms with E-state index in [-0.39, 0.29) is 5.60 Å². The molecule has 0 aromatic rings. The Morgan fingerprint density at radius 3 is 1.83 bits per heavy atom. The van der Waals surface area contributed by atoms with E-state index in [9.17, 15) is 0 Å². The van der Waals surface area contributed by atoms with Gasteiger partial charge in [-0.05, 0) is 97.7 Å². The third-order valence-corrected chi connectivity index (χ3v) is 11.5. The smallest absolute Gasteiger partial charge is 0.191 e. The second kappa shape index (κ2) is 11.8. The maximum Gasteiger partial charge on any atom is 0.191 e. The summed E-state index contributed by atoms with van der Waals surface area (Å²) >= 11 is 0. The van der Waals surface area contributed by atoms with Crippen LogP contribution in [0, 0.1) is 0 Å². The fraction of sp³-hybridized carbons (Fsp3) is 0.778. The van der Waals surface area contributed by atoms with Crippen molar-refractivity contribution >= 4 is 8.32 Å². The van der Waals surface area contributed by atoms with Gasteiger partial charge in [0.25, 0.3) is 0 Å². The van der Waals surface area contributed by atoms with E-state index in [0.717, 1.165) is 38.7 Å². The molecule has 0 aromatic heterocycles. The first-order chi connectivity index (χ1) is 13.7. The van der Waals surface area contributed by atoms with Crippen LogP contribution in [-0.2, 0) is 9.16 Å². The predicted octanol–water partition coefficient (Wildman–Crippen LogP) is 8.76. The van der Waals surface area contributed by atoms with Crippen molar-refractivity contribution in [3.05, 3.63) is 34.9 Å². The lowest BCUT2D eigenvalue weighted by atomic mass is 10.0. The SMILES string of the molecule is C/C(=C\CC/C=C(\C)CCO[Si](C)(C)C(C)(C)C)CC/C=C(\C)CCC1OC1(C)C. The first-order valence-corrected chi connectivity index (χ1v) is 14.9. The molecule has 0 amide bonds. The summed E-state index contributed by atoms with van der Waals surface area (Å²) in [6, 6.07) is 0. The monoisotopic (exact) mass is 434 g/mol. The molecule has 1 fully saturated rings. The summed E-state index contributed by atoms with van der Waals surface area (Å²) in [5.41, 5.74) is 4.61. The van der Waals surface area contributed by atoms with E-state index in [1.54, 1.807) is 0 Å². The van der Waals surface area contributed by atoms with Crippen LogP contribution in [0.4, 0.5) is 0 Å². The fourth-order valence-corrected chi connectivity index (χ4v) is 4.34. The number of hydrogen-bond donors (Lipinski definition) is 0. The van der Waals surface area contributed by atoms with Crippen molar-refractivity contribution in [2.45, 2.75) is 130 Å². The first kappa shape index (κ1) is 27.4. The largest absolute Gasteiger partial charge is 0.417 e. The zero-order valence-electron chi connectivity index (χ0n) is 21.8. The van der Waals surface area contributed by atoms with Crippen LogP contribution < -0.4 is 0 Å². The van der Waals surface area contributed by atoms with Crippen LogP contribution in [0.25, 0.3) is 0 Å². The molecule has 0 aliphatic carbocycles. The maximum absolute atomic E-state index is 6.29. The number of epoxide rings is 1. The predicted molar refractivity (Wildman–Crippen MR) is 136 cm³/mol. The van der Waals surface area contributed by atoms with E-state index in [4.69, 9.17) is 9.16 Å². The first-order valence-electron chi connectivity index (χ1n) is 12.0. The molecule has 0 bridgehead atoms. The summed E-state index contributed by atoms with van der Waals surface area (Å²) in [5, 5.41) is 0.295. The molecule has 2 nitrogen and oxygen atoms in total. The van der Waals surface area contributed by atoms with Crippen molar-refractivity contribution in [3.8, 4) is 0 Å². The summed E-state index contributed by atoms with van der Waals surface area (Å²) < 4.78 is 12.0. The lowest BCUT2D eigenvalue weighted by Gasteiger charge is -2.36. The zero-order chi connectivity index (χ0) is 23.0. The van der Waals surface area contributed by atoms with Gasteiger partial charge >= 0.3 is 0 Å². The second-order valence-corrected chi connectivity index (χ2v) is 16.2. The number of rotatable bonds is 13. The van der Waals surface area contributed by atoms with Crippen molar-refractivity contribution in [1.82, 2.24) is 0 Å². The molecular formula is C27H50O2Si. The summed E-state index contributed by atoms with van der Waals surface area (Å²) in [4.78, 5) is 0. The molecule has 0 radical (unpaired) electrons. The molecular weight excluding hydrogens is 384 g/mol. The molecule has 0 saturated carbocycles. The maximum atomic E-state index is 6.29. The summed E-state index contributed by atoms with van der Waals surface area (Å²) in [6.07, 6.45) is 15.7. The minimum atomic E-state index is -1.61. The lowest BCUT2D eigenvalue weighted by molar-refractivity contribution is 0.291. The van der Waals surface area contributed by atoms with E-state index < -0.39 is 8.32 Å². The molecule has 1 atom stereocenters. The molecule has 3 heteroatoms. The molecule has 30 heavy (non-hydrogen) atoms. The van der Waals surface area contributed by atoms with Crippen LogP contribution in [0.15, 0.2) is 34.9 Å². The highest BCUT2D eigenvalue weighted by atomic mass is 28.4. The number of unbranched alkanes of at least 4 members (excludes halogenated alkanes) is 1. The molecule has 0 spiro atoms. The van der Waals surface area contributed by atoms with E-state index in [0.29, 0.717) is 11.1 Å².